The van der Waals surface area contributed by atoms with Gasteiger partial charge in [-0.25, -0.2) is 0 Å². The van der Waals surface area contributed by atoms with Gasteiger partial charge in [0.05, 0.1) is 0 Å². The molecule has 0 spiro atoms. The lowest BCUT2D eigenvalue weighted by atomic mass is 9.93. The van der Waals surface area contributed by atoms with Crippen molar-refractivity contribution in [3.63, 3.8) is 0 Å². The Morgan fingerprint density at radius 2 is 1.44 bits per heavy atom. The van der Waals surface area contributed by atoms with Crippen molar-refractivity contribution < 1.29 is 0 Å². The van der Waals surface area contributed by atoms with Crippen molar-refractivity contribution >= 4 is 0 Å². The number of rotatable bonds is 3. The molecule has 0 aromatic heterocycles. The Morgan fingerprint density at radius 3 is 2.00 bits per heavy atom. The van der Waals surface area contributed by atoms with Gasteiger partial charge in [0.25, 0.3) is 0 Å². The summed E-state index contributed by atoms with van der Waals surface area (Å²) in [5.41, 5.74) is 0. The van der Waals surface area contributed by atoms with Crippen LogP contribution in [0.5, 0.6) is 0 Å². The van der Waals surface area contributed by atoms with E-state index >= 15 is 0 Å². The highest BCUT2D eigenvalue weighted by atomic mass is 15.2. The third-order valence-corrected chi connectivity index (χ3v) is 4.34. The molecule has 2 nitrogen and oxygen atoms in total. The zero-order chi connectivity index (χ0) is 11.4. The van der Waals surface area contributed by atoms with Crippen LogP contribution in [0.4, 0.5) is 0 Å². The Balaban J connectivity index is 1.68. The molecule has 0 amide bonds. The van der Waals surface area contributed by atoms with Crippen molar-refractivity contribution in [1.29, 1.82) is 0 Å². The zero-order valence-corrected chi connectivity index (χ0v) is 11.0. The van der Waals surface area contributed by atoms with Gasteiger partial charge in [0.2, 0.25) is 0 Å². The van der Waals surface area contributed by atoms with Crippen LogP contribution in [0.15, 0.2) is 0 Å². The standard InChI is InChI=1S/C14H28N2/c1-12(2)16-10-8-14(9-11-16)15-13-6-4-3-5-7-13/h12-15H,3-11H2,1-2H3. The largest absolute Gasteiger partial charge is 0.311 e. The van der Waals surface area contributed by atoms with Gasteiger partial charge in [-0.1, -0.05) is 19.3 Å². The minimum absolute atomic E-state index is 0.732. The third-order valence-electron chi connectivity index (χ3n) is 4.34. The van der Waals surface area contributed by atoms with E-state index in [-0.39, 0.29) is 0 Å². The second-order valence-electron chi connectivity index (χ2n) is 5.91. The molecule has 1 saturated carbocycles. The van der Waals surface area contributed by atoms with Crippen molar-refractivity contribution in [3.8, 4) is 0 Å². The lowest BCUT2D eigenvalue weighted by Gasteiger charge is -2.37. The van der Waals surface area contributed by atoms with Crippen molar-refractivity contribution in [2.24, 2.45) is 0 Å². The first-order valence-corrected chi connectivity index (χ1v) is 7.26. The summed E-state index contributed by atoms with van der Waals surface area (Å²) in [7, 11) is 0. The van der Waals surface area contributed by atoms with Gasteiger partial charge in [0.15, 0.2) is 0 Å². The summed E-state index contributed by atoms with van der Waals surface area (Å²) in [6, 6.07) is 2.37. The average Bonchev–Trinajstić information content (AvgIpc) is 2.31. The molecule has 0 atom stereocenters. The van der Waals surface area contributed by atoms with Gasteiger partial charge < -0.3 is 10.2 Å². The van der Waals surface area contributed by atoms with Crippen LogP contribution in [0, 0.1) is 0 Å². The molecule has 0 aromatic carbocycles. The first-order chi connectivity index (χ1) is 7.75. The number of piperidine rings is 1. The minimum atomic E-state index is 0.732. The van der Waals surface area contributed by atoms with E-state index in [0.29, 0.717) is 0 Å². The Labute approximate surface area is 101 Å². The van der Waals surface area contributed by atoms with Crippen LogP contribution >= 0.6 is 0 Å². The fraction of sp³-hybridized carbons (Fsp3) is 1.00. The Hall–Kier alpha value is -0.0800. The summed E-state index contributed by atoms with van der Waals surface area (Å²) < 4.78 is 0. The van der Waals surface area contributed by atoms with E-state index in [1.54, 1.807) is 0 Å². The molecule has 0 radical (unpaired) electrons. The highest BCUT2D eigenvalue weighted by molar-refractivity contribution is 4.82. The Morgan fingerprint density at radius 1 is 0.875 bits per heavy atom. The van der Waals surface area contributed by atoms with Crippen molar-refractivity contribution in [2.75, 3.05) is 13.1 Å². The van der Waals surface area contributed by atoms with Crippen LogP contribution in [0.2, 0.25) is 0 Å². The lowest BCUT2D eigenvalue weighted by molar-refractivity contribution is 0.152. The lowest BCUT2D eigenvalue weighted by Crippen LogP contribution is -2.48. The maximum absolute atomic E-state index is 3.89. The molecule has 0 aromatic rings. The SMILES string of the molecule is CC(C)N1CCC(NC2CCCCC2)CC1. The molecule has 2 aliphatic rings. The van der Waals surface area contributed by atoms with Gasteiger partial charge in [-0.2, -0.15) is 0 Å². The second kappa shape index (κ2) is 6.02. The van der Waals surface area contributed by atoms with Gasteiger partial charge in [0, 0.05) is 18.1 Å². The van der Waals surface area contributed by atoms with E-state index in [0.717, 1.165) is 18.1 Å². The van der Waals surface area contributed by atoms with E-state index in [9.17, 15) is 0 Å². The van der Waals surface area contributed by atoms with E-state index < -0.39 is 0 Å². The van der Waals surface area contributed by atoms with E-state index in [2.05, 4.69) is 24.1 Å². The van der Waals surface area contributed by atoms with E-state index in [1.165, 1.54) is 58.0 Å². The van der Waals surface area contributed by atoms with Crippen LogP contribution in [0.1, 0.15) is 58.8 Å². The summed E-state index contributed by atoms with van der Waals surface area (Å²) in [6.07, 6.45) is 9.91. The summed E-state index contributed by atoms with van der Waals surface area (Å²) in [5.74, 6) is 0. The highest BCUT2D eigenvalue weighted by Gasteiger charge is 2.23. The van der Waals surface area contributed by atoms with Gasteiger partial charge in [-0.3, -0.25) is 0 Å². The molecule has 2 heteroatoms. The van der Waals surface area contributed by atoms with Crippen molar-refractivity contribution in [1.82, 2.24) is 10.2 Å². The Bertz CT molecular complexity index is 189. The monoisotopic (exact) mass is 224 g/mol. The van der Waals surface area contributed by atoms with Crippen LogP contribution in [-0.4, -0.2) is 36.1 Å². The van der Waals surface area contributed by atoms with Crippen molar-refractivity contribution in [2.45, 2.75) is 76.9 Å². The fourth-order valence-electron chi connectivity index (χ4n) is 3.19. The summed E-state index contributed by atoms with van der Waals surface area (Å²) in [4.78, 5) is 2.61. The molecular weight excluding hydrogens is 196 g/mol. The first kappa shape index (κ1) is 12.4. The number of hydrogen-bond donors (Lipinski definition) is 1. The van der Waals surface area contributed by atoms with E-state index in [4.69, 9.17) is 0 Å². The summed E-state index contributed by atoms with van der Waals surface area (Å²) in [6.45, 7) is 7.22. The first-order valence-electron chi connectivity index (χ1n) is 7.26. The molecule has 1 heterocycles. The summed E-state index contributed by atoms with van der Waals surface area (Å²) in [5, 5.41) is 3.89. The Kier molecular flexibility index (Phi) is 4.66. The molecular formula is C14H28N2. The predicted octanol–water partition coefficient (Wildman–Crippen LogP) is 2.78. The second-order valence-corrected chi connectivity index (χ2v) is 5.91. The van der Waals surface area contributed by atoms with Crippen molar-refractivity contribution in [3.05, 3.63) is 0 Å². The summed E-state index contributed by atoms with van der Waals surface area (Å²) >= 11 is 0. The topological polar surface area (TPSA) is 15.3 Å². The fourth-order valence-corrected chi connectivity index (χ4v) is 3.19. The zero-order valence-electron chi connectivity index (χ0n) is 11.0. The van der Waals surface area contributed by atoms with E-state index in [1.807, 2.05) is 0 Å². The van der Waals surface area contributed by atoms with Gasteiger partial charge in [0.1, 0.15) is 0 Å². The molecule has 2 fully saturated rings. The van der Waals surface area contributed by atoms with Crippen LogP contribution in [0.3, 0.4) is 0 Å². The number of likely N-dealkylation sites (tertiary alicyclic amines) is 1. The van der Waals surface area contributed by atoms with Gasteiger partial charge in [-0.15, -0.1) is 0 Å². The third kappa shape index (κ3) is 3.46. The molecule has 1 N–H and O–H groups in total. The number of nitrogens with one attached hydrogen (secondary N) is 1. The van der Waals surface area contributed by atoms with Gasteiger partial charge >= 0.3 is 0 Å². The normalized spacial score (nSPS) is 26.4. The minimum Gasteiger partial charge on any atom is -0.311 e. The molecule has 1 saturated heterocycles. The maximum atomic E-state index is 3.89. The van der Waals surface area contributed by atoms with Gasteiger partial charge in [-0.05, 0) is 52.6 Å². The molecule has 16 heavy (non-hydrogen) atoms. The predicted molar refractivity (Wildman–Crippen MR) is 69.7 cm³/mol. The molecule has 0 unspecified atom stereocenters. The quantitative estimate of drug-likeness (QED) is 0.793. The van der Waals surface area contributed by atoms with Crippen LogP contribution < -0.4 is 5.32 Å². The smallest absolute Gasteiger partial charge is 0.00940 e. The number of hydrogen-bond acceptors (Lipinski definition) is 2. The van der Waals surface area contributed by atoms with Crippen LogP contribution in [0.25, 0.3) is 0 Å². The number of nitrogens with zero attached hydrogens (tertiary/aromatic N) is 1. The molecule has 1 aliphatic carbocycles. The molecule has 0 bridgehead atoms. The maximum Gasteiger partial charge on any atom is 0.00940 e. The highest BCUT2D eigenvalue weighted by Crippen LogP contribution is 2.20. The van der Waals surface area contributed by atoms with Crippen LogP contribution in [-0.2, 0) is 0 Å². The average molecular weight is 224 g/mol. The molecule has 94 valence electrons. The molecule has 1 aliphatic heterocycles. The molecule has 2 rings (SSSR count).